The van der Waals surface area contributed by atoms with Gasteiger partial charge in [-0.25, -0.2) is 4.39 Å². The standard InChI is InChI=1S/C25H30FN7O2/c1-5-25(3,4)24(34)30-21(23(27)29-6-2)15-28-14-18-13-22(20-11-12-35-32-20)33(31-18)16-17-9-7-8-10-19(17)26/h7-15H,5-6,16H2,1-4H3,(H2,27,29)(H,30,34)/b21-15+,28-14?. The number of aliphatic imine (C=N–C) groups is 2. The zero-order chi connectivity index (χ0) is 25.4. The summed E-state index contributed by atoms with van der Waals surface area (Å²) in [5, 5.41) is 11.3. The van der Waals surface area contributed by atoms with Gasteiger partial charge in [0, 0.05) is 23.6 Å². The van der Waals surface area contributed by atoms with Crippen molar-refractivity contribution in [1.82, 2.24) is 20.3 Å². The van der Waals surface area contributed by atoms with Crippen molar-refractivity contribution in [2.45, 2.75) is 40.7 Å². The molecular weight excluding hydrogens is 449 g/mol. The van der Waals surface area contributed by atoms with Crippen LogP contribution >= 0.6 is 0 Å². The van der Waals surface area contributed by atoms with Crippen LogP contribution in [0.25, 0.3) is 11.4 Å². The average Bonchev–Trinajstić information content (AvgIpc) is 3.50. The molecule has 3 aromatic rings. The van der Waals surface area contributed by atoms with Crippen molar-refractivity contribution in [2.24, 2.45) is 21.1 Å². The first-order chi connectivity index (χ1) is 16.7. The lowest BCUT2D eigenvalue weighted by atomic mass is 9.89. The Morgan fingerprint density at radius 2 is 2.06 bits per heavy atom. The maximum absolute atomic E-state index is 14.2. The van der Waals surface area contributed by atoms with E-state index in [1.807, 2.05) is 27.7 Å². The van der Waals surface area contributed by atoms with E-state index in [0.29, 0.717) is 41.3 Å². The molecule has 0 unspecified atom stereocenters. The van der Waals surface area contributed by atoms with E-state index >= 15 is 0 Å². The fourth-order valence-electron chi connectivity index (χ4n) is 3.02. The second-order valence-corrected chi connectivity index (χ2v) is 8.46. The van der Waals surface area contributed by atoms with E-state index in [1.165, 1.54) is 24.7 Å². The van der Waals surface area contributed by atoms with Crippen LogP contribution in [0.1, 0.15) is 45.4 Å². The van der Waals surface area contributed by atoms with Crippen molar-refractivity contribution >= 4 is 18.0 Å². The molecule has 3 rings (SSSR count). The zero-order valence-electron chi connectivity index (χ0n) is 20.3. The van der Waals surface area contributed by atoms with E-state index in [0.717, 1.165) is 0 Å². The Morgan fingerprint density at radius 1 is 1.29 bits per heavy atom. The predicted octanol–water partition coefficient (Wildman–Crippen LogP) is 3.92. The molecule has 3 N–H and O–H groups in total. The van der Waals surface area contributed by atoms with Crippen LogP contribution < -0.4 is 11.1 Å². The summed E-state index contributed by atoms with van der Waals surface area (Å²) >= 11 is 0. The van der Waals surface area contributed by atoms with Crippen molar-refractivity contribution in [3.8, 4) is 11.4 Å². The van der Waals surface area contributed by atoms with Gasteiger partial charge < -0.3 is 15.6 Å². The average molecular weight is 480 g/mol. The number of hydrogen-bond acceptors (Lipinski definition) is 6. The van der Waals surface area contributed by atoms with Crippen molar-refractivity contribution in [1.29, 1.82) is 0 Å². The highest BCUT2D eigenvalue weighted by atomic mass is 19.1. The van der Waals surface area contributed by atoms with Gasteiger partial charge in [0.2, 0.25) is 5.91 Å². The Hall–Kier alpha value is -4.08. The number of amides is 1. The molecule has 0 saturated carbocycles. The molecule has 35 heavy (non-hydrogen) atoms. The molecule has 0 spiro atoms. The van der Waals surface area contributed by atoms with Gasteiger partial charge in [0.15, 0.2) is 0 Å². The number of benzene rings is 1. The van der Waals surface area contributed by atoms with Crippen LogP contribution in [0.5, 0.6) is 0 Å². The van der Waals surface area contributed by atoms with E-state index in [9.17, 15) is 9.18 Å². The smallest absolute Gasteiger partial charge is 0.230 e. The van der Waals surface area contributed by atoms with E-state index in [4.69, 9.17) is 10.3 Å². The highest BCUT2D eigenvalue weighted by molar-refractivity contribution is 6.01. The zero-order valence-corrected chi connectivity index (χ0v) is 20.3. The van der Waals surface area contributed by atoms with Gasteiger partial charge in [-0.05, 0) is 25.5 Å². The molecule has 0 fully saturated rings. The number of amidine groups is 1. The third-order valence-corrected chi connectivity index (χ3v) is 5.54. The lowest BCUT2D eigenvalue weighted by molar-refractivity contribution is -0.128. The first kappa shape index (κ1) is 25.5. The van der Waals surface area contributed by atoms with E-state index in [1.54, 1.807) is 35.0 Å². The fourth-order valence-corrected chi connectivity index (χ4v) is 3.02. The number of nitrogens with two attached hydrogens (primary N) is 1. The molecule has 0 atom stereocenters. The number of hydrogen-bond donors (Lipinski definition) is 2. The first-order valence-electron chi connectivity index (χ1n) is 11.3. The molecule has 1 aromatic carbocycles. The molecule has 0 aliphatic rings. The predicted molar refractivity (Wildman–Crippen MR) is 133 cm³/mol. The van der Waals surface area contributed by atoms with Gasteiger partial charge in [0.05, 0.1) is 24.7 Å². The maximum atomic E-state index is 14.2. The van der Waals surface area contributed by atoms with Gasteiger partial charge >= 0.3 is 0 Å². The molecule has 0 saturated heterocycles. The van der Waals surface area contributed by atoms with Crippen LogP contribution in [0.3, 0.4) is 0 Å². The number of nitrogens with zero attached hydrogens (tertiary/aromatic N) is 5. The number of halogens is 1. The number of carbonyl (C=O) groups excluding carboxylic acids is 1. The minimum atomic E-state index is -0.576. The fraction of sp³-hybridized carbons (Fsp3) is 0.320. The van der Waals surface area contributed by atoms with Crippen LogP contribution in [0.2, 0.25) is 0 Å². The van der Waals surface area contributed by atoms with E-state index in [-0.39, 0.29) is 24.1 Å². The second-order valence-electron chi connectivity index (χ2n) is 8.46. The molecule has 0 aliphatic heterocycles. The Bertz CT molecular complexity index is 1240. The molecular formula is C25H30FN7O2. The van der Waals surface area contributed by atoms with Crippen molar-refractivity contribution in [2.75, 3.05) is 6.54 Å². The lowest BCUT2D eigenvalue weighted by Gasteiger charge is -2.22. The largest absolute Gasteiger partial charge is 0.382 e. The molecule has 1 amide bonds. The number of aromatic nitrogens is 3. The minimum Gasteiger partial charge on any atom is -0.382 e. The molecule has 184 valence electrons. The number of carbonyl (C=O) groups is 1. The Labute approximate surface area is 203 Å². The van der Waals surface area contributed by atoms with Gasteiger partial charge in [-0.1, -0.05) is 44.1 Å². The lowest BCUT2D eigenvalue weighted by Crippen LogP contribution is -2.39. The summed E-state index contributed by atoms with van der Waals surface area (Å²) in [5.74, 6) is -0.329. The molecule has 9 nitrogen and oxygen atoms in total. The Morgan fingerprint density at radius 3 is 2.71 bits per heavy atom. The highest BCUT2D eigenvalue weighted by Gasteiger charge is 2.26. The number of nitrogens with one attached hydrogen (secondary N) is 1. The summed E-state index contributed by atoms with van der Waals surface area (Å²) in [6, 6.07) is 9.96. The van der Waals surface area contributed by atoms with Crippen LogP contribution in [-0.2, 0) is 11.3 Å². The second kappa shape index (κ2) is 11.4. The molecule has 2 heterocycles. The van der Waals surface area contributed by atoms with E-state index in [2.05, 4.69) is 25.6 Å². The molecule has 0 aliphatic carbocycles. The van der Waals surface area contributed by atoms with Crippen molar-refractivity contribution in [3.05, 3.63) is 71.6 Å². The van der Waals surface area contributed by atoms with Crippen molar-refractivity contribution < 1.29 is 13.7 Å². The highest BCUT2D eigenvalue weighted by Crippen LogP contribution is 2.21. The summed E-state index contributed by atoms with van der Waals surface area (Å²) in [5.41, 5.74) is 7.95. The minimum absolute atomic E-state index is 0.179. The van der Waals surface area contributed by atoms with Crippen LogP contribution in [0, 0.1) is 11.2 Å². The third kappa shape index (κ3) is 6.50. The quantitative estimate of drug-likeness (QED) is 0.337. The van der Waals surface area contributed by atoms with Crippen molar-refractivity contribution in [3.63, 3.8) is 0 Å². The molecule has 0 radical (unpaired) electrons. The SMILES string of the molecule is CCN=C(N)/C(=C\N=Cc1cc(-c2ccon2)n(Cc2ccccc2F)n1)NC(=O)C(C)(C)CC. The molecule has 10 heteroatoms. The molecule has 0 bridgehead atoms. The van der Waals surface area contributed by atoms with Crippen LogP contribution in [0.4, 0.5) is 4.39 Å². The third-order valence-electron chi connectivity index (χ3n) is 5.54. The monoisotopic (exact) mass is 479 g/mol. The van der Waals surface area contributed by atoms with Crippen LogP contribution in [-0.4, -0.2) is 39.4 Å². The Kier molecular flexibility index (Phi) is 8.30. The van der Waals surface area contributed by atoms with Gasteiger partial charge in [0.25, 0.3) is 0 Å². The summed E-state index contributed by atoms with van der Waals surface area (Å²) in [6.07, 6.45) is 5.06. The summed E-state index contributed by atoms with van der Waals surface area (Å²) in [6.45, 7) is 8.14. The summed E-state index contributed by atoms with van der Waals surface area (Å²) in [7, 11) is 0. The van der Waals surface area contributed by atoms with E-state index < -0.39 is 5.41 Å². The van der Waals surface area contributed by atoms with Gasteiger partial charge in [-0.15, -0.1) is 0 Å². The van der Waals surface area contributed by atoms with Crippen LogP contribution in [0.15, 0.2) is 69.1 Å². The Balaban J connectivity index is 1.91. The normalized spacial score (nSPS) is 12.9. The maximum Gasteiger partial charge on any atom is 0.230 e. The van der Waals surface area contributed by atoms with Gasteiger partial charge in [-0.2, -0.15) is 5.10 Å². The molecule has 2 aromatic heterocycles. The number of rotatable bonds is 10. The van der Waals surface area contributed by atoms with Gasteiger partial charge in [0.1, 0.15) is 35.0 Å². The topological polar surface area (TPSA) is 124 Å². The summed E-state index contributed by atoms with van der Waals surface area (Å²) < 4.78 is 20.8. The van der Waals surface area contributed by atoms with Gasteiger partial charge in [-0.3, -0.25) is 19.5 Å². The summed E-state index contributed by atoms with van der Waals surface area (Å²) in [4.78, 5) is 21.1. The first-order valence-corrected chi connectivity index (χ1v) is 11.3.